The minimum atomic E-state index is -0.401. The predicted molar refractivity (Wildman–Crippen MR) is 100 cm³/mol. The summed E-state index contributed by atoms with van der Waals surface area (Å²) in [5, 5.41) is 17.1. The number of nitrogens with one attached hydrogen (secondary N) is 2. The molecule has 2 rings (SSSR count). The van der Waals surface area contributed by atoms with Crippen molar-refractivity contribution in [2.75, 3.05) is 40.0 Å². The van der Waals surface area contributed by atoms with Crippen molar-refractivity contribution in [1.82, 2.24) is 10.6 Å². The number of nitro benzene ring substituents is 1. The average Bonchev–Trinajstić information content (AvgIpc) is 2.68. The van der Waals surface area contributed by atoms with Crippen molar-refractivity contribution in [1.29, 1.82) is 0 Å². The van der Waals surface area contributed by atoms with E-state index in [-0.39, 0.29) is 5.69 Å². The number of hydrogen-bond donors (Lipinski definition) is 2. The fourth-order valence-corrected chi connectivity index (χ4v) is 2.69. The molecular formula is C18H28N4O4. The molecule has 0 bridgehead atoms. The van der Waals surface area contributed by atoms with Crippen LogP contribution < -0.4 is 10.6 Å². The summed E-state index contributed by atoms with van der Waals surface area (Å²) in [4.78, 5) is 14.4. The van der Waals surface area contributed by atoms with Gasteiger partial charge in [0.1, 0.15) is 0 Å². The van der Waals surface area contributed by atoms with E-state index in [1.807, 2.05) is 0 Å². The number of guanidine groups is 1. The highest BCUT2D eigenvalue weighted by molar-refractivity contribution is 5.79. The molecule has 1 aromatic rings. The first-order valence-corrected chi connectivity index (χ1v) is 9.02. The van der Waals surface area contributed by atoms with Gasteiger partial charge in [0.25, 0.3) is 5.69 Å². The Morgan fingerprint density at radius 1 is 1.31 bits per heavy atom. The smallest absolute Gasteiger partial charge is 0.269 e. The molecule has 1 saturated heterocycles. The summed E-state index contributed by atoms with van der Waals surface area (Å²) in [6.45, 7) is 4.57. The summed E-state index contributed by atoms with van der Waals surface area (Å²) < 4.78 is 11.1. The number of rotatable bonds is 9. The molecule has 8 heteroatoms. The monoisotopic (exact) mass is 364 g/mol. The minimum Gasteiger partial charge on any atom is -0.381 e. The Morgan fingerprint density at radius 2 is 2.04 bits per heavy atom. The third-order valence-corrected chi connectivity index (χ3v) is 4.28. The van der Waals surface area contributed by atoms with Crippen LogP contribution in [0.4, 0.5) is 5.69 Å². The summed E-state index contributed by atoms with van der Waals surface area (Å²) >= 11 is 0. The van der Waals surface area contributed by atoms with Crippen LogP contribution in [0.1, 0.15) is 24.8 Å². The quantitative estimate of drug-likeness (QED) is 0.229. The topological polar surface area (TPSA) is 98.0 Å². The third-order valence-electron chi connectivity index (χ3n) is 4.28. The predicted octanol–water partition coefficient (Wildman–Crippen LogP) is 2.09. The summed E-state index contributed by atoms with van der Waals surface area (Å²) in [5.74, 6) is 1.33. The standard InChI is InChI=1S/C18H28N4O4/c1-19-18(21-13-15-3-5-17(6-4-15)22(23)24)20-9-2-10-26-14-16-7-11-25-12-8-16/h3-6,16H,2,7-14H2,1H3,(H2,19,20,21). The number of nitrogens with zero attached hydrogens (tertiary/aromatic N) is 2. The first-order valence-electron chi connectivity index (χ1n) is 9.02. The molecule has 2 N–H and O–H groups in total. The lowest BCUT2D eigenvalue weighted by Gasteiger charge is -2.21. The van der Waals surface area contributed by atoms with Crippen LogP contribution in [-0.4, -0.2) is 50.9 Å². The Morgan fingerprint density at radius 3 is 2.69 bits per heavy atom. The molecule has 0 aromatic heterocycles. The zero-order valence-corrected chi connectivity index (χ0v) is 15.3. The van der Waals surface area contributed by atoms with E-state index in [2.05, 4.69) is 15.6 Å². The van der Waals surface area contributed by atoms with Gasteiger partial charge in [0.05, 0.1) is 4.92 Å². The molecule has 0 saturated carbocycles. The van der Waals surface area contributed by atoms with Crippen molar-refractivity contribution in [2.24, 2.45) is 10.9 Å². The second kappa shape index (κ2) is 11.4. The van der Waals surface area contributed by atoms with Gasteiger partial charge in [-0.25, -0.2) is 0 Å². The Labute approximate surface area is 154 Å². The molecule has 0 atom stereocenters. The first kappa shape index (κ1) is 20.1. The number of nitro groups is 1. The lowest BCUT2D eigenvalue weighted by molar-refractivity contribution is -0.384. The highest BCUT2D eigenvalue weighted by atomic mass is 16.6. The van der Waals surface area contributed by atoms with Crippen molar-refractivity contribution in [3.05, 3.63) is 39.9 Å². The van der Waals surface area contributed by atoms with Gasteiger partial charge in [-0.3, -0.25) is 15.1 Å². The van der Waals surface area contributed by atoms with Crippen LogP contribution in [-0.2, 0) is 16.0 Å². The average molecular weight is 364 g/mol. The van der Waals surface area contributed by atoms with E-state index in [0.717, 1.165) is 57.8 Å². The molecule has 144 valence electrons. The van der Waals surface area contributed by atoms with Gasteiger partial charge in [0, 0.05) is 58.7 Å². The van der Waals surface area contributed by atoms with Gasteiger partial charge in [-0.1, -0.05) is 12.1 Å². The molecule has 0 amide bonds. The van der Waals surface area contributed by atoms with Gasteiger partial charge >= 0.3 is 0 Å². The summed E-state index contributed by atoms with van der Waals surface area (Å²) in [5.41, 5.74) is 1.05. The fraction of sp³-hybridized carbons (Fsp3) is 0.611. The number of non-ortho nitro benzene ring substituents is 1. The van der Waals surface area contributed by atoms with Gasteiger partial charge in [-0.2, -0.15) is 0 Å². The van der Waals surface area contributed by atoms with Crippen LogP contribution in [0.25, 0.3) is 0 Å². The van der Waals surface area contributed by atoms with Crippen molar-refractivity contribution in [3.63, 3.8) is 0 Å². The van der Waals surface area contributed by atoms with Crippen molar-refractivity contribution >= 4 is 11.6 Å². The van der Waals surface area contributed by atoms with Crippen LogP contribution >= 0.6 is 0 Å². The molecular weight excluding hydrogens is 336 g/mol. The number of hydrogen-bond acceptors (Lipinski definition) is 5. The van der Waals surface area contributed by atoms with Crippen molar-refractivity contribution in [3.8, 4) is 0 Å². The number of benzene rings is 1. The highest BCUT2D eigenvalue weighted by Gasteiger charge is 2.13. The van der Waals surface area contributed by atoms with E-state index in [4.69, 9.17) is 9.47 Å². The summed E-state index contributed by atoms with van der Waals surface area (Å²) in [6, 6.07) is 6.48. The molecule has 0 spiro atoms. The maximum Gasteiger partial charge on any atom is 0.269 e. The van der Waals surface area contributed by atoms with Crippen LogP contribution in [0.15, 0.2) is 29.3 Å². The van der Waals surface area contributed by atoms with E-state index < -0.39 is 4.92 Å². The molecule has 8 nitrogen and oxygen atoms in total. The third kappa shape index (κ3) is 7.37. The number of ether oxygens (including phenoxy) is 2. The van der Waals surface area contributed by atoms with Gasteiger partial charge in [-0.15, -0.1) is 0 Å². The normalized spacial score (nSPS) is 15.7. The molecule has 1 aliphatic heterocycles. The Kier molecular flexibility index (Phi) is 8.85. The van der Waals surface area contributed by atoms with Crippen LogP contribution in [0.5, 0.6) is 0 Å². The van der Waals surface area contributed by atoms with Crippen molar-refractivity contribution in [2.45, 2.75) is 25.8 Å². The maximum atomic E-state index is 10.7. The lowest BCUT2D eigenvalue weighted by Crippen LogP contribution is -2.37. The van der Waals surface area contributed by atoms with E-state index in [1.165, 1.54) is 12.1 Å². The second-order valence-electron chi connectivity index (χ2n) is 6.26. The molecule has 1 fully saturated rings. The van der Waals surface area contributed by atoms with Crippen LogP contribution in [0.2, 0.25) is 0 Å². The molecule has 26 heavy (non-hydrogen) atoms. The van der Waals surface area contributed by atoms with Crippen LogP contribution in [0, 0.1) is 16.0 Å². The molecule has 0 aliphatic carbocycles. The molecule has 1 aliphatic rings. The molecule has 1 aromatic carbocycles. The van der Waals surface area contributed by atoms with E-state index in [0.29, 0.717) is 18.4 Å². The highest BCUT2D eigenvalue weighted by Crippen LogP contribution is 2.14. The zero-order chi connectivity index (χ0) is 18.6. The Hall–Kier alpha value is -2.19. The second-order valence-corrected chi connectivity index (χ2v) is 6.26. The summed E-state index contributed by atoms with van der Waals surface area (Å²) in [7, 11) is 1.72. The fourth-order valence-electron chi connectivity index (χ4n) is 2.69. The molecule has 1 heterocycles. The minimum absolute atomic E-state index is 0.0945. The summed E-state index contributed by atoms with van der Waals surface area (Å²) in [6.07, 6.45) is 3.09. The Bertz CT molecular complexity index is 571. The Balaban J connectivity index is 1.56. The van der Waals surface area contributed by atoms with Crippen molar-refractivity contribution < 1.29 is 14.4 Å². The van der Waals surface area contributed by atoms with Gasteiger partial charge in [0.2, 0.25) is 0 Å². The zero-order valence-electron chi connectivity index (χ0n) is 15.3. The van der Waals surface area contributed by atoms with E-state index >= 15 is 0 Å². The largest absolute Gasteiger partial charge is 0.381 e. The lowest BCUT2D eigenvalue weighted by atomic mass is 10.0. The molecule has 0 unspecified atom stereocenters. The number of aliphatic imine (C=N–C) groups is 1. The van der Waals surface area contributed by atoms with E-state index in [1.54, 1.807) is 19.2 Å². The van der Waals surface area contributed by atoms with Gasteiger partial charge in [-0.05, 0) is 30.7 Å². The maximum absolute atomic E-state index is 10.7. The molecule has 0 radical (unpaired) electrons. The van der Waals surface area contributed by atoms with Gasteiger partial charge in [0.15, 0.2) is 5.96 Å². The van der Waals surface area contributed by atoms with Crippen LogP contribution in [0.3, 0.4) is 0 Å². The first-order chi connectivity index (χ1) is 12.7. The van der Waals surface area contributed by atoms with E-state index in [9.17, 15) is 10.1 Å². The SMILES string of the molecule is CN=C(NCCCOCC1CCOCC1)NCc1ccc([N+](=O)[O-])cc1. The van der Waals surface area contributed by atoms with Gasteiger partial charge < -0.3 is 20.1 Å².